The zero-order valence-electron chi connectivity index (χ0n) is 24.1. The van der Waals surface area contributed by atoms with E-state index in [0.717, 1.165) is 32.0 Å². The van der Waals surface area contributed by atoms with Gasteiger partial charge in [-0.3, -0.25) is 24.3 Å². The molecule has 3 aromatic rings. The number of benzene rings is 2. The molecule has 228 valence electrons. The second-order valence-corrected chi connectivity index (χ2v) is 10.9. The van der Waals surface area contributed by atoms with Crippen molar-refractivity contribution < 1.29 is 37.4 Å². The molecule has 1 aromatic heterocycles. The number of ketones is 1. The van der Waals surface area contributed by atoms with Crippen LogP contribution in [0.1, 0.15) is 25.7 Å². The number of piperidine rings is 1. The Bertz CT molecular complexity index is 1520. The molecule has 2 N–H and O–H groups in total. The molecule has 0 atom stereocenters. The number of likely N-dealkylation sites (tertiary alicyclic amines) is 1. The Labute approximate surface area is 247 Å². The predicted octanol–water partition coefficient (Wildman–Crippen LogP) is 4.27. The molecule has 5 rings (SSSR count). The highest BCUT2D eigenvalue weighted by molar-refractivity contribution is 6.14. The molecule has 0 spiro atoms. The third kappa shape index (κ3) is 6.69. The first-order valence-corrected chi connectivity index (χ1v) is 14.2. The smallest absolute Gasteiger partial charge is 0.238 e. The third-order valence-corrected chi connectivity index (χ3v) is 8.06. The van der Waals surface area contributed by atoms with E-state index in [1.165, 1.54) is 19.2 Å². The molecule has 1 saturated heterocycles. The molecule has 1 saturated carbocycles. The fourth-order valence-corrected chi connectivity index (χ4v) is 5.21. The minimum atomic E-state index is -1.36. The fourth-order valence-electron chi connectivity index (χ4n) is 5.21. The number of methoxy groups -OCH3 is 1. The van der Waals surface area contributed by atoms with E-state index in [1.54, 1.807) is 31.4 Å². The van der Waals surface area contributed by atoms with Gasteiger partial charge in [0, 0.05) is 36.5 Å². The maximum Gasteiger partial charge on any atom is 0.238 e. The average Bonchev–Trinajstić information content (AvgIpc) is 3.83. The summed E-state index contributed by atoms with van der Waals surface area (Å²) in [6.07, 6.45) is 3.91. The Morgan fingerprint density at radius 1 is 1.05 bits per heavy atom. The monoisotopic (exact) mass is 596 g/mol. The molecule has 2 aliphatic rings. The van der Waals surface area contributed by atoms with Gasteiger partial charge in [0.25, 0.3) is 0 Å². The van der Waals surface area contributed by atoms with Crippen LogP contribution in [0.25, 0.3) is 10.9 Å². The first-order chi connectivity index (χ1) is 20.8. The van der Waals surface area contributed by atoms with Crippen LogP contribution in [0.3, 0.4) is 0 Å². The number of hydrogen-bond acceptors (Lipinski definition) is 8. The van der Waals surface area contributed by atoms with Crippen LogP contribution in [-0.4, -0.2) is 74.6 Å². The number of nitrogens with one attached hydrogen (secondary N) is 2. The molecular formula is C31H34F2N4O6. The second-order valence-electron chi connectivity index (χ2n) is 10.9. The number of pyridine rings is 1. The number of Topliss-reactive ketones (excluding diaryl/α,β-unsaturated/α-hetero) is 1. The van der Waals surface area contributed by atoms with E-state index in [4.69, 9.17) is 14.2 Å². The van der Waals surface area contributed by atoms with Gasteiger partial charge < -0.3 is 24.8 Å². The molecule has 1 aliphatic heterocycles. The average molecular weight is 597 g/mol. The van der Waals surface area contributed by atoms with Gasteiger partial charge in [-0.1, -0.05) is 0 Å². The Balaban J connectivity index is 1.25. The lowest BCUT2D eigenvalue weighted by atomic mass is 9.98. The summed E-state index contributed by atoms with van der Waals surface area (Å²) < 4.78 is 45.5. The van der Waals surface area contributed by atoms with Gasteiger partial charge >= 0.3 is 0 Å². The van der Waals surface area contributed by atoms with Crippen LogP contribution in [0.15, 0.2) is 42.6 Å². The number of alkyl halides is 1. The number of rotatable bonds is 12. The van der Waals surface area contributed by atoms with Crippen molar-refractivity contribution in [1.82, 2.24) is 15.2 Å². The summed E-state index contributed by atoms with van der Waals surface area (Å²) in [6, 6.07) is 8.98. The van der Waals surface area contributed by atoms with Gasteiger partial charge in [0.15, 0.2) is 28.8 Å². The number of amides is 2. The van der Waals surface area contributed by atoms with Crippen molar-refractivity contribution in [2.24, 2.45) is 11.3 Å². The summed E-state index contributed by atoms with van der Waals surface area (Å²) in [7, 11) is 3.16. The predicted molar refractivity (Wildman–Crippen MR) is 155 cm³/mol. The number of aromatic nitrogens is 1. The maximum atomic E-state index is 15.0. The van der Waals surface area contributed by atoms with Crippen molar-refractivity contribution in [1.29, 1.82) is 0 Å². The van der Waals surface area contributed by atoms with E-state index in [9.17, 15) is 18.8 Å². The molecule has 43 heavy (non-hydrogen) atoms. The van der Waals surface area contributed by atoms with Crippen molar-refractivity contribution in [3.63, 3.8) is 0 Å². The Kier molecular flexibility index (Phi) is 9.05. The van der Waals surface area contributed by atoms with Gasteiger partial charge in [0.05, 0.1) is 25.8 Å². The first kappa shape index (κ1) is 30.1. The zero-order chi connectivity index (χ0) is 30.6. The van der Waals surface area contributed by atoms with E-state index < -0.39 is 29.6 Å². The summed E-state index contributed by atoms with van der Waals surface area (Å²) in [5.41, 5.74) is -0.665. The van der Waals surface area contributed by atoms with Crippen molar-refractivity contribution >= 4 is 34.2 Å². The van der Waals surface area contributed by atoms with E-state index in [-0.39, 0.29) is 30.2 Å². The van der Waals surface area contributed by atoms with Crippen LogP contribution in [0.5, 0.6) is 23.0 Å². The number of likely N-dealkylation sites (N-methyl/N-ethyl adjacent to an activating group) is 1. The van der Waals surface area contributed by atoms with Crippen LogP contribution >= 0.6 is 0 Å². The van der Waals surface area contributed by atoms with Gasteiger partial charge in [-0.25, -0.2) is 8.78 Å². The number of ether oxygens (including phenoxy) is 3. The van der Waals surface area contributed by atoms with E-state index in [0.29, 0.717) is 47.2 Å². The number of fused-ring (bicyclic) bond motifs is 1. The van der Waals surface area contributed by atoms with Gasteiger partial charge in [0.2, 0.25) is 11.8 Å². The Morgan fingerprint density at radius 3 is 2.47 bits per heavy atom. The minimum absolute atomic E-state index is 0.00588. The molecule has 0 unspecified atom stereocenters. The summed E-state index contributed by atoms with van der Waals surface area (Å²) in [5.74, 6) is -0.564. The normalized spacial score (nSPS) is 16.4. The lowest BCUT2D eigenvalue weighted by Crippen LogP contribution is -2.41. The van der Waals surface area contributed by atoms with Gasteiger partial charge in [-0.15, -0.1) is 0 Å². The topological polar surface area (TPSA) is 119 Å². The number of carbonyl (C=O) groups excluding carboxylic acids is 3. The van der Waals surface area contributed by atoms with E-state index >= 15 is 4.39 Å². The van der Waals surface area contributed by atoms with Gasteiger partial charge in [-0.2, -0.15) is 0 Å². The Morgan fingerprint density at radius 2 is 1.81 bits per heavy atom. The minimum Gasteiger partial charge on any atom is -0.493 e. The first-order valence-electron chi connectivity index (χ1n) is 14.2. The quantitative estimate of drug-likeness (QED) is 0.298. The highest BCUT2D eigenvalue weighted by Crippen LogP contribution is 2.47. The molecule has 2 heterocycles. The summed E-state index contributed by atoms with van der Waals surface area (Å²) >= 11 is 0. The van der Waals surface area contributed by atoms with Gasteiger partial charge in [0.1, 0.15) is 17.8 Å². The fraction of sp³-hybridized carbons (Fsp3) is 0.419. The number of anilines is 1. The molecule has 0 radical (unpaired) electrons. The van der Waals surface area contributed by atoms with E-state index in [2.05, 4.69) is 20.5 Å². The summed E-state index contributed by atoms with van der Waals surface area (Å²) in [4.78, 5) is 42.5. The van der Waals surface area contributed by atoms with Crippen LogP contribution < -0.4 is 24.8 Å². The van der Waals surface area contributed by atoms with Crippen LogP contribution in [0, 0.1) is 17.2 Å². The lowest BCUT2D eigenvalue weighted by Gasteiger charge is -2.31. The molecule has 10 nitrogen and oxygen atoms in total. The standard InChI is InChI=1S/C31H34F2N4O6/c1-34-29(39)17-37-11-6-19(7-12-37)18-42-27-15-23-21(14-26(27)41-2)24(5-10-35-23)43-25-4-3-20(13-22(25)33)36-30(40)31(8-9-31)28(38)16-32/h3-5,10,13-15,19H,6-9,11-12,16-18H2,1-2H3,(H,34,39)(H,36,40). The number of carbonyl (C=O) groups is 3. The van der Waals surface area contributed by atoms with Crippen molar-refractivity contribution in [2.75, 3.05) is 52.4 Å². The highest BCUT2D eigenvalue weighted by atomic mass is 19.1. The van der Waals surface area contributed by atoms with Crippen LogP contribution in [-0.2, 0) is 14.4 Å². The zero-order valence-corrected chi connectivity index (χ0v) is 24.1. The van der Waals surface area contributed by atoms with Crippen molar-refractivity contribution in [3.05, 3.63) is 48.4 Å². The number of halogens is 2. The van der Waals surface area contributed by atoms with Crippen molar-refractivity contribution in [3.8, 4) is 23.0 Å². The number of hydrogen-bond donors (Lipinski definition) is 2. The summed E-state index contributed by atoms with van der Waals surface area (Å²) in [6.45, 7) is 1.31. The molecule has 2 amide bonds. The molecule has 1 aliphatic carbocycles. The molecule has 0 bridgehead atoms. The van der Waals surface area contributed by atoms with Crippen LogP contribution in [0.2, 0.25) is 0 Å². The SMILES string of the molecule is CNC(=O)CN1CCC(COc2cc3nccc(Oc4ccc(NC(=O)C5(C(=O)CF)CC5)cc4F)c3cc2OC)CC1. The Hall–Kier alpha value is -4.32. The molecule has 12 heteroatoms. The number of nitrogens with zero attached hydrogens (tertiary/aromatic N) is 2. The molecular weight excluding hydrogens is 562 g/mol. The molecule has 2 fully saturated rings. The summed E-state index contributed by atoms with van der Waals surface area (Å²) in [5, 5.41) is 5.74. The molecule has 2 aromatic carbocycles. The van der Waals surface area contributed by atoms with Crippen molar-refractivity contribution in [2.45, 2.75) is 25.7 Å². The largest absolute Gasteiger partial charge is 0.493 e. The third-order valence-electron chi connectivity index (χ3n) is 8.06. The van der Waals surface area contributed by atoms with Gasteiger partial charge in [-0.05, 0) is 69.0 Å². The van der Waals surface area contributed by atoms with Crippen LogP contribution in [0.4, 0.5) is 14.5 Å². The maximum absolute atomic E-state index is 15.0. The lowest BCUT2D eigenvalue weighted by molar-refractivity contribution is -0.133. The second kappa shape index (κ2) is 12.9. The van der Waals surface area contributed by atoms with E-state index in [1.807, 2.05) is 0 Å². The highest BCUT2D eigenvalue weighted by Gasteiger charge is 2.55.